The zero-order valence-electron chi connectivity index (χ0n) is 29.7. The van der Waals surface area contributed by atoms with Gasteiger partial charge in [-0.25, -0.2) is 4.79 Å². The van der Waals surface area contributed by atoms with E-state index in [0.29, 0.717) is 42.1 Å². The molecular weight excluding hydrogens is 568 g/mol. The fraction of sp³-hybridized carbons (Fsp3) is 0.919. The standard InChI is InChI=1S/C37H64N2O6/c1-34(2,3)44-31(40)17-14-24-13-16-28-27-15-12-25-23-26(18-20-37(25,8)29(27)19-21-36(24,28)7)43-32(41)30(38)11-9-10-22-39-33(42)45-35(4,5)6/h24-30H,9-23,38H2,1-8H3,(H,39,42)/t24?,25?,26-,27?,28?,29?,30+,36-,37+/m1/s1. The van der Waals surface area contributed by atoms with Gasteiger partial charge in [0.2, 0.25) is 0 Å². The Morgan fingerprint density at radius 3 is 2.20 bits per heavy atom. The normalized spacial score (nSPS) is 35.3. The quantitative estimate of drug-likeness (QED) is 0.144. The van der Waals surface area contributed by atoms with Crippen LogP contribution >= 0.6 is 0 Å². The third-order valence-electron chi connectivity index (χ3n) is 12.1. The highest BCUT2D eigenvalue weighted by Crippen LogP contribution is 2.68. The molecule has 4 fully saturated rings. The second-order valence-electron chi connectivity index (χ2n) is 17.5. The van der Waals surface area contributed by atoms with Crippen LogP contribution in [-0.2, 0) is 23.8 Å². The molecule has 4 aliphatic rings. The molecule has 0 bridgehead atoms. The van der Waals surface area contributed by atoms with Gasteiger partial charge in [-0.15, -0.1) is 0 Å². The maximum Gasteiger partial charge on any atom is 0.407 e. The molecule has 0 aromatic heterocycles. The number of fused-ring (bicyclic) bond motifs is 5. The van der Waals surface area contributed by atoms with E-state index in [2.05, 4.69) is 19.2 Å². The van der Waals surface area contributed by atoms with Gasteiger partial charge in [-0.2, -0.15) is 0 Å². The molecule has 0 aromatic rings. The van der Waals surface area contributed by atoms with Gasteiger partial charge in [0.1, 0.15) is 23.3 Å². The highest BCUT2D eigenvalue weighted by molar-refractivity contribution is 5.75. The Kier molecular flexibility index (Phi) is 11.3. The molecule has 0 radical (unpaired) electrons. The fourth-order valence-electron chi connectivity index (χ4n) is 9.96. The van der Waals surface area contributed by atoms with Crippen LogP contribution < -0.4 is 11.1 Å². The second kappa shape index (κ2) is 14.1. The number of unbranched alkanes of at least 4 members (excludes halogenated alkanes) is 1. The summed E-state index contributed by atoms with van der Waals surface area (Å²) in [7, 11) is 0. The SMILES string of the molecule is CC(C)(C)OC(=O)CCC1CCC2C3CCC4C[C@H](OC(=O)[C@@H](N)CCCCNC(=O)OC(C)(C)C)CC[C@]4(C)C3CC[C@]12C. The number of nitrogens with one attached hydrogen (secondary N) is 1. The summed E-state index contributed by atoms with van der Waals surface area (Å²) in [5.74, 6) is 3.14. The maximum atomic E-state index is 12.9. The number of hydrogen-bond acceptors (Lipinski definition) is 7. The molecule has 0 spiro atoms. The van der Waals surface area contributed by atoms with Crippen LogP contribution in [0, 0.1) is 40.4 Å². The van der Waals surface area contributed by atoms with Crippen molar-refractivity contribution in [1.82, 2.24) is 5.32 Å². The fourth-order valence-corrected chi connectivity index (χ4v) is 9.96. The number of amides is 1. The van der Waals surface area contributed by atoms with Crippen molar-refractivity contribution in [3.63, 3.8) is 0 Å². The number of carbonyl (C=O) groups excluding carboxylic acids is 3. The van der Waals surface area contributed by atoms with Crippen molar-refractivity contribution in [2.75, 3.05) is 6.54 Å². The molecule has 0 saturated heterocycles. The number of nitrogens with two attached hydrogens (primary N) is 1. The summed E-state index contributed by atoms with van der Waals surface area (Å²) in [6, 6.07) is -0.628. The Labute approximate surface area is 273 Å². The van der Waals surface area contributed by atoms with Gasteiger partial charge in [0.15, 0.2) is 0 Å². The minimum atomic E-state index is -0.628. The zero-order chi connectivity index (χ0) is 33.2. The van der Waals surface area contributed by atoms with E-state index in [4.69, 9.17) is 19.9 Å². The van der Waals surface area contributed by atoms with Crippen LogP contribution in [0.15, 0.2) is 0 Å². The smallest absolute Gasteiger partial charge is 0.407 e. The van der Waals surface area contributed by atoms with E-state index < -0.39 is 23.3 Å². The van der Waals surface area contributed by atoms with Crippen LogP contribution in [-0.4, -0.2) is 47.9 Å². The Morgan fingerprint density at radius 1 is 0.844 bits per heavy atom. The lowest BCUT2D eigenvalue weighted by Gasteiger charge is -2.61. The molecule has 4 aliphatic carbocycles. The maximum absolute atomic E-state index is 12.9. The van der Waals surface area contributed by atoms with Crippen molar-refractivity contribution in [3.8, 4) is 0 Å². The Hall–Kier alpha value is -1.83. The topological polar surface area (TPSA) is 117 Å². The lowest BCUT2D eigenvalue weighted by molar-refractivity contribution is -0.164. The highest BCUT2D eigenvalue weighted by Gasteiger charge is 2.60. The monoisotopic (exact) mass is 632 g/mol. The molecule has 8 heteroatoms. The van der Waals surface area contributed by atoms with Crippen LogP contribution in [0.1, 0.15) is 145 Å². The van der Waals surface area contributed by atoms with E-state index in [1.54, 1.807) is 0 Å². The third-order valence-corrected chi connectivity index (χ3v) is 12.1. The average Bonchev–Trinajstić information content (AvgIpc) is 3.26. The van der Waals surface area contributed by atoms with E-state index in [1.165, 1.54) is 38.5 Å². The number of rotatable bonds is 10. The summed E-state index contributed by atoms with van der Waals surface area (Å²) >= 11 is 0. The van der Waals surface area contributed by atoms with Crippen LogP contribution in [0.2, 0.25) is 0 Å². The predicted molar refractivity (Wildman–Crippen MR) is 176 cm³/mol. The van der Waals surface area contributed by atoms with E-state index >= 15 is 0 Å². The van der Waals surface area contributed by atoms with Crippen LogP contribution in [0.4, 0.5) is 4.79 Å². The first-order valence-electron chi connectivity index (χ1n) is 18.1. The molecule has 0 heterocycles. The summed E-state index contributed by atoms with van der Waals surface area (Å²) in [6.45, 7) is 16.9. The van der Waals surface area contributed by atoms with Crippen LogP contribution in [0.25, 0.3) is 0 Å². The molecule has 1 amide bonds. The van der Waals surface area contributed by atoms with Gasteiger partial charge in [0, 0.05) is 13.0 Å². The summed E-state index contributed by atoms with van der Waals surface area (Å²) in [5, 5.41) is 2.76. The second-order valence-corrected chi connectivity index (χ2v) is 17.5. The number of carbonyl (C=O) groups is 3. The lowest BCUT2D eigenvalue weighted by atomic mass is 9.44. The Bertz CT molecular complexity index is 1050. The molecule has 3 N–H and O–H groups in total. The summed E-state index contributed by atoms with van der Waals surface area (Å²) in [6.07, 6.45) is 13.6. The minimum absolute atomic E-state index is 0.0374. The largest absolute Gasteiger partial charge is 0.461 e. The number of alkyl carbamates (subject to hydrolysis) is 1. The summed E-state index contributed by atoms with van der Waals surface area (Å²) < 4.78 is 16.9. The van der Waals surface area contributed by atoms with E-state index in [9.17, 15) is 14.4 Å². The molecule has 0 aromatic carbocycles. The Balaban J connectivity index is 1.22. The number of esters is 2. The molecule has 4 saturated carbocycles. The molecule has 4 rings (SSSR count). The van der Waals surface area contributed by atoms with Gasteiger partial charge < -0.3 is 25.3 Å². The van der Waals surface area contributed by atoms with Crippen molar-refractivity contribution in [3.05, 3.63) is 0 Å². The zero-order valence-corrected chi connectivity index (χ0v) is 29.7. The minimum Gasteiger partial charge on any atom is -0.461 e. The van der Waals surface area contributed by atoms with E-state index in [1.807, 2.05) is 41.5 Å². The van der Waals surface area contributed by atoms with Crippen LogP contribution in [0.3, 0.4) is 0 Å². The van der Waals surface area contributed by atoms with Gasteiger partial charge in [-0.1, -0.05) is 13.8 Å². The third kappa shape index (κ3) is 8.96. The molecular formula is C37H64N2O6. The van der Waals surface area contributed by atoms with E-state index in [0.717, 1.165) is 56.3 Å². The van der Waals surface area contributed by atoms with Gasteiger partial charge in [0.25, 0.3) is 0 Å². The van der Waals surface area contributed by atoms with Crippen molar-refractivity contribution in [1.29, 1.82) is 0 Å². The summed E-state index contributed by atoms with van der Waals surface area (Å²) in [5.41, 5.74) is 5.94. The Morgan fingerprint density at radius 2 is 1.51 bits per heavy atom. The molecule has 5 unspecified atom stereocenters. The molecule has 45 heavy (non-hydrogen) atoms. The molecule has 258 valence electrons. The van der Waals surface area contributed by atoms with Gasteiger partial charge in [-0.3, -0.25) is 9.59 Å². The lowest BCUT2D eigenvalue weighted by Crippen LogP contribution is -2.54. The number of hydrogen-bond donors (Lipinski definition) is 2. The van der Waals surface area contributed by atoms with Gasteiger partial charge in [0.05, 0.1) is 0 Å². The van der Waals surface area contributed by atoms with Crippen molar-refractivity contribution in [2.24, 2.45) is 46.2 Å². The summed E-state index contributed by atoms with van der Waals surface area (Å²) in [4.78, 5) is 37.2. The van der Waals surface area contributed by atoms with E-state index in [-0.39, 0.29) is 18.0 Å². The van der Waals surface area contributed by atoms with Crippen LogP contribution in [0.5, 0.6) is 0 Å². The number of ether oxygens (including phenoxy) is 3. The van der Waals surface area contributed by atoms with Gasteiger partial charge in [-0.05, 0) is 165 Å². The highest BCUT2D eigenvalue weighted by atomic mass is 16.6. The first kappa shape index (κ1) is 36.0. The molecule has 8 nitrogen and oxygen atoms in total. The van der Waals surface area contributed by atoms with Gasteiger partial charge >= 0.3 is 18.0 Å². The average molecular weight is 633 g/mol. The van der Waals surface area contributed by atoms with Crippen molar-refractivity contribution < 1.29 is 28.6 Å². The van der Waals surface area contributed by atoms with Crippen molar-refractivity contribution in [2.45, 2.75) is 169 Å². The molecule has 9 atom stereocenters. The predicted octanol–water partition coefficient (Wildman–Crippen LogP) is 7.70. The van der Waals surface area contributed by atoms with Crippen molar-refractivity contribution >= 4 is 18.0 Å². The first-order chi connectivity index (χ1) is 20.9. The molecule has 0 aliphatic heterocycles. The first-order valence-corrected chi connectivity index (χ1v) is 18.1.